The highest BCUT2D eigenvalue weighted by Gasteiger charge is 2.45. The van der Waals surface area contributed by atoms with Crippen molar-refractivity contribution in [1.29, 1.82) is 0 Å². The Morgan fingerprint density at radius 3 is 2.05 bits per heavy atom. The Kier molecular flexibility index (Phi) is 6.90. The summed E-state index contributed by atoms with van der Waals surface area (Å²) in [6.07, 6.45) is -6.49. The van der Waals surface area contributed by atoms with Crippen molar-refractivity contribution >= 4 is 14.3 Å². The molecular weight excluding hydrogens is 303 g/mol. The average Bonchev–Trinajstić information content (AvgIpc) is 2.25. The summed E-state index contributed by atoms with van der Waals surface area (Å²) in [7, 11) is -2.41. The van der Waals surface area contributed by atoms with E-state index in [9.17, 15) is 18.0 Å². The Hall–Kier alpha value is -0.603. The van der Waals surface area contributed by atoms with Crippen molar-refractivity contribution < 1.29 is 27.1 Å². The highest BCUT2D eigenvalue weighted by Crippen LogP contribution is 2.38. The number of alkyl halides is 3. The summed E-state index contributed by atoms with van der Waals surface area (Å²) in [6, 6.07) is -2.11. The molecule has 0 aliphatic rings. The topological polar surface area (TPSA) is 61.5 Å². The van der Waals surface area contributed by atoms with Gasteiger partial charge in [0.15, 0.2) is 8.32 Å². The number of nitrogens with two attached hydrogens (primary N) is 1. The van der Waals surface area contributed by atoms with Crippen LogP contribution in [0.1, 0.15) is 34.1 Å². The molecule has 0 saturated heterocycles. The summed E-state index contributed by atoms with van der Waals surface area (Å²) in [5.41, 5.74) is 5.12. The van der Waals surface area contributed by atoms with Crippen LogP contribution in [0.15, 0.2) is 0 Å². The van der Waals surface area contributed by atoms with Crippen molar-refractivity contribution in [3.63, 3.8) is 0 Å². The molecule has 0 amide bonds. The molecule has 0 radical (unpaired) electrons. The molecule has 0 aromatic heterocycles. The van der Waals surface area contributed by atoms with E-state index in [4.69, 9.17) is 14.9 Å². The van der Waals surface area contributed by atoms with E-state index in [1.54, 1.807) is 6.92 Å². The number of carbonyl (C=O) groups is 1. The second kappa shape index (κ2) is 7.10. The molecule has 0 aromatic carbocycles. The molecule has 0 aromatic rings. The van der Waals surface area contributed by atoms with E-state index < -0.39 is 39.0 Å². The van der Waals surface area contributed by atoms with E-state index in [-0.39, 0.29) is 11.6 Å². The molecule has 0 rings (SSSR count). The van der Waals surface area contributed by atoms with Crippen molar-refractivity contribution in [2.24, 2.45) is 5.73 Å². The van der Waals surface area contributed by atoms with Crippen LogP contribution in [0.3, 0.4) is 0 Å². The number of carbonyl (C=O) groups excluding carboxylic acids is 1. The molecule has 21 heavy (non-hydrogen) atoms. The largest absolute Gasteiger partial charge is 0.464 e. The summed E-state index contributed by atoms with van der Waals surface area (Å²) in [6.45, 7) is 11.2. The molecule has 0 saturated carbocycles. The van der Waals surface area contributed by atoms with Gasteiger partial charge in [-0.15, -0.1) is 0 Å². The summed E-state index contributed by atoms with van der Waals surface area (Å²) in [5, 5.41) is -0.236. The molecule has 4 nitrogen and oxygen atoms in total. The molecule has 0 heterocycles. The van der Waals surface area contributed by atoms with Crippen molar-refractivity contribution in [3.05, 3.63) is 0 Å². The van der Waals surface area contributed by atoms with Crippen molar-refractivity contribution in [3.8, 4) is 0 Å². The van der Waals surface area contributed by atoms with Gasteiger partial charge in [-0.3, -0.25) is 0 Å². The van der Waals surface area contributed by atoms with Crippen molar-refractivity contribution in [2.45, 2.75) is 70.6 Å². The van der Waals surface area contributed by atoms with Gasteiger partial charge >= 0.3 is 12.1 Å². The van der Waals surface area contributed by atoms with Crippen LogP contribution < -0.4 is 5.73 Å². The summed E-state index contributed by atoms with van der Waals surface area (Å²) < 4.78 is 48.4. The Labute approximate surface area is 125 Å². The fourth-order valence-electron chi connectivity index (χ4n) is 1.32. The van der Waals surface area contributed by atoms with Crippen LogP contribution in [0.5, 0.6) is 0 Å². The van der Waals surface area contributed by atoms with Gasteiger partial charge in [-0.1, -0.05) is 20.8 Å². The Bertz CT molecular complexity index is 354. The molecule has 2 N–H and O–H groups in total. The molecule has 1 unspecified atom stereocenters. The quantitative estimate of drug-likeness (QED) is 0.600. The van der Waals surface area contributed by atoms with Gasteiger partial charge in [0, 0.05) is 6.42 Å². The minimum absolute atomic E-state index is 0.0808. The standard InChI is InChI=1S/C13H26F3NO3Si/c1-7-19-11(18)9(8-10(17)13(14,15)16)20-21(5,6)12(2,3)4/h9-10H,7-8,17H2,1-6H3/t9?,10-/m0/s1. The molecular formula is C13H26F3NO3Si. The number of rotatable bonds is 6. The van der Waals surface area contributed by atoms with Crippen LogP contribution in [0.2, 0.25) is 18.1 Å². The fourth-order valence-corrected chi connectivity index (χ4v) is 2.58. The van der Waals surface area contributed by atoms with E-state index in [0.29, 0.717) is 0 Å². The maximum Gasteiger partial charge on any atom is 0.403 e. The molecule has 0 bridgehead atoms. The van der Waals surface area contributed by atoms with Gasteiger partial charge in [-0.05, 0) is 25.1 Å². The van der Waals surface area contributed by atoms with E-state index >= 15 is 0 Å². The lowest BCUT2D eigenvalue weighted by Gasteiger charge is -2.39. The van der Waals surface area contributed by atoms with Gasteiger partial charge < -0.3 is 14.9 Å². The predicted molar refractivity (Wildman–Crippen MR) is 77.4 cm³/mol. The van der Waals surface area contributed by atoms with Crippen LogP contribution in [0.4, 0.5) is 13.2 Å². The first-order valence-electron chi connectivity index (χ1n) is 6.89. The summed E-state index contributed by atoms with van der Waals surface area (Å²) >= 11 is 0. The Morgan fingerprint density at radius 1 is 1.24 bits per heavy atom. The monoisotopic (exact) mass is 329 g/mol. The molecule has 0 fully saturated rings. The zero-order chi connectivity index (χ0) is 17.1. The molecule has 0 aliphatic carbocycles. The summed E-state index contributed by atoms with van der Waals surface area (Å²) in [4.78, 5) is 11.9. The van der Waals surface area contributed by atoms with Crippen molar-refractivity contribution in [1.82, 2.24) is 0 Å². The third-order valence-corrected chi connectivity index (χ3v) is 8.17. The molecule has 0 aliphatic heterocycles. The minimum atomic E-state index is -4.57. The highest BCUT2D eigenvalue weighted by atomic mass is 28.4. The smallest absolute Gasteiger partial charge is 0.403 e. The van der Waals surface area contributed by atoms with Crippen LogP contribution in [0, 0.1) is 0 Å². The van der Waals surface area contributed by atoms with Gasteiger partial charge in [-0.25, -0.2) is 4.79 Å². The van der Waals surface area contributed by atoms with Gasteiger partial charge in [0.25, 0.3) is 0 Å². The van der Waals surface area contributed by atoms with Crippen LogP contribution in [0.25, 0.3) is 0 Å². The van der Waals surface area contributed by atoms with Gasteiger partial charge in [0.1, 0.15) is 12.1 Å². The first-order chi connectivity index (χ1) is 9.22. The first-order valence-corrected chi connectivity index (χ1v) is 9.80. The molecule has 2 atom stereocenters. The predicted octanol–water partition coefficient (Wildman–Crippen LogP) is 3.22. The van der Waals surface area contributed by atoms with E-state index in [2.05, 4.69) is 0 Å². The highest BCUT2D eigenvalue weighted by molar-refractivity contribution is 6.74. The molecule has 126 valence electrons. The first kappa shape index (κ1) is 20.4. The summed E-state index contributed by atoms with van der Waals surface area (Å²) in [5.74, 6) is -0.790. The number of esters is 1. The zero-order valence-corrected chi connectivity index (χ0v) is 14.5. The number of hydrogen-bond acceptors (Lipinski definition) is 4. The Balaban J connectivity index is 5.13. The van der Waals surface area contributed by atoms with E-state index in [0.717, 1.165) is 0 Å². The number of halogens is 3. The maximum atomic E-state index is 12.6. The third kappa shape index (κ3) is 6.35. The number of ether oxygens (including phenoxy) is 1. The Morgan fingerprint density at radius 2 is 1.71 bits per heavy atom. The lowest BCUT2D eigenvalue weighted by atomic mass is 10.1. The minimum Gasteiger partial charge on any atom is -0.464 e. The van der Waals surface area contributed by atoms with Crippen LogP contribution in [-0.2, 0) is 14.0 Å². The second-order valence-electron chi connectivity index (χ2n) is 6.50. The van der Waals surface area contributed by atoms with Gasteiger partial charge in [0.2, 0.25) is 0 Å². The second-order valence-corrected chi connectivity index (χ2v) is 11.3. The van der Waals surface area contributed by atoms with Crippen molar-refractivity contribution in [2.75, 3.05) is 6.61 Å². The third-order valence-electron chi connectivity index (χ3n) is 3.68. The lowest BCUT2D eigenvalue weighted by molar-refractivity contribution is -0.164. The SMILES string of the molecule is CCOC(=O)C(C[C@H](N)C(F)(F)F)O[Si](C)(C)C(C)(C)C. The zero-order valence-electron chi connectivity index (χ0n) is 13.5. The lowest BCUT2D eigenvalue weighted by Crippen LogP contribution is -2.50. The number of hydrogen-bond donors (Lipinski definition) is 1. The van der Waals surface area contributed by atoms with E-state index in [1.165, 1.54) is 0 Å². The van der Waals surface area contributed by atoms with E-state index in [1.807, 2.05) is 33.9 Å². The van der Waals surface area contributed by atoms with Gasteiger partial charge in [-0.2, -0.15) is 13.2 Å². The van der Waals surface area contributed by atoms with Crippen LogP contribution in [-0.4, -0.2) is 39.2 Å². The van der Waals surface area contributed by atoms with Gasteiger partial charge in [0.05, 0.1) is 6.61 Å². The molecule has 0 spiro atoms. The normalized spacial score (nSPS) is 16.5. The molecule has 8 heteroatoms. The fraction of sp³-hybridized carbons (Fsp3) is 0.923. The maximum absolute atomic E-state index is 12.6. The van der Waals surface area contributed by atoms with Crippen LogP contribution >= 0.6 is 0 Å². The average molecular weight is 329 g/mol.